The molecular formula is C18H20ClNO2. The molecule has 0 heterocycles. The zero-order valence-corrected chi connectivity index (χ0v) is 13.5. The van der Waals surface area contributed by atoms with E-state index in [9.17, 15) is 5.11 Å². The SMILES string of the molecule is COc1ccc(Cl)cc1C(C)NC1c2ccccc2CC1O. The van der Waals surface area contributed by atoms with Gasteiger partial charge in [0.1, 0.15) is 5.75 Å². The van der Waals surface area contributed by atoms with Gasteiger partial charge in [-0.1, -0.05) is 35.9 Å². The average molecular weight is 318 g/mol. The molecule has 116 valence electrons. The molecule has 0 saturated heterocycles. The fourth-order valence-electron chi connectivity index (χ4n) is 3.18. The standard InChI is InChI=1S/C18H20ClNO2/c1-11(15-10-13(19)7-8-17(15)22-2)20-18-14-6-4-3-5-12(14)9-16(18)21/h3-8,10-11,16,18,20-21H,9H2,1-2H3. The van der Waals surface area contributed by atoms with Crippen LogP contribution in [0.1, 0.15) is 35.7 Å². The van der Waals surface area contributed by atoms with Gasteiger partial charge in [-0.25, -0.2) is 0 Å². The molecule has 0 fully saturated rings. The van der Waals surface area contributed by atoms with Gasteiger partial charge in [-0.2, -0.15) is 0 Å². The molecule has 3 atom stereocenters. The first kappa shape index (κ1) is 15.3. The van der Waals surface area contributed by atoms with Crippen molar-refractivity contribution in [3.63, 3.8) is 0 Å². The summed E-state index contributed by atoms with van der Waals surface area (Å²) >= 11 is 6.11. The number of fused-ring (bicyclic) bond motifs is 1. The average Bonchev–Trinajstić information content (AvgIpc) is 2.83. The van der Waals surface area contributed by atoms with Gasteiger partial charge in [-0.3, -0.25) is 0 Å². The maximum atomic E-state index is 10.4. The predicted octanol–water partition coefficient (Wildman–Crippen LogP) is 3.66. The van der Waals surface area contributed by atoms with Crippen molar-refractivity contribution in [2.75, 3.05) is 7.11 Å². The highest BCUT2D eigenvalue weighted by atomic mass is 35.5. The molecule has 0 amide bonds. The lowest BCUT2D eigenvalue weighted by molar-refractivity contribution is 0.135. The smallest absolute Gasteiger partial charge is 0.123 e. The van der Waals surface area contributed by atoms with Crippen molar-refractivity contribution in [2.45, 2.75) is 31.5 Å². The summed E-state index contributed by atoms with van der Waals surface area (Å²) in [5.74, 6) is 0.796. The van der Waals surface area contributed by atoms with Crippen LogP contribution in [0, 0.1) is 0 Å². The Hall–Kier alpha value is -1.55. The highest BCUT2D eigenvalue weighted by molar-refractivity contribution is 6.30. The van der Waals surface area contributed by atoms with Gasteiger partial charge in [0, 0.05) is 23.0 Å². The minimum atomic E-state index is -0.412. The van der Waals surface area contributed by atoms with E-state index in [1.165, 1.54) is 11.1 Å². The Kier molecular flexibility index (Phi) is 4.39. The number of benzene rings is 2. The van der Waals surface area contributed by atoms with Crippen LogP contribution in [0.5, 0.6) is 5.75 Å². The van der Waals surface area contributed by atoms with E-state index < -0.39 is 6.10 Å². The van der Waals surface area contributed by atoms with Crippen molar-refractivity contribution in [2.24, 2.45) is 0 Å². The first-order valence-electron chi connectivity index (χ1n) is 7.45. The summed E-state index contributed by atoms with van der Waals surface area (Å²) in [6.45, 7) is 2.06. The van der Waals surface area contributed by atoms with Gasteiger partial charge in [0.2, 0.25) is 0 Å². The molecule has 0 radical (unpaired) electrons. The molecule has 3 rings (SSSR count). The van der Waals surface area contributed by atoms with E-state index in [4.69, 9.17) is 16.3 Å². The highest BCUT2D eigenvalue weighted by Crippen LogP contribution is 2.35. The van der Waals surface area contributed by atoms with Gasteiger partial charge in [0.25, 0.3) is 0 Å². The molecule has 0 aromatic heterocycles. The molecule has 0 saturated carbocycles. The van der Waals surface area contributed by atoms with Gasteiger partial charge in [0.05, 0.1) is 19.3 Å². The molecule has 2 aromatic carbocycles. The van der Waals surface area contributed by atoms with E-state index in [0.29, 0.717) is 11.4 Å². The van der Waals surface area contributed by atoms with Gasteiger partial charge in [0.15, 0.2) is 0 Å². The summed E-state index contributed by atoms with van der Waals surface area (Å²) in [5.41, 5.74) is 3.37. The molecule has 3 unspecified atom stereocenters. The fourth-order valence-corrected chi connectivity index (χ4v) is 3.36. The van der Waals surface area contributed by atoms with E-state index in [-0.39, 0.29) is 12.1 Å². The second-order valence-corrected chi connectivity index (χ2v) is 6.16. The number of aliphatic hydroxyl groups excluding tert-OH is 1. The van der Waals surface area contributed by atoms with Gasteiger partial charge in [-0.15, -0.1) is 0 Å². The number of hydrogen-bond acceptors (Lipinski definition) is 3. The Bertz CT molecular complexity index is 674. The largest absolute Gasteiger partial charge is 0.496 e. The summed E-state index contributed by atoms with van der Waals surface area (Å²) in [6.07, 6.45) is 0.276. The summed E-state index contributed by atoms with van der Waals surface area (Å²) in [7, 11) is 1.65. The van der Waals surface area contributed by atoms with Crippen molar-refractivity contribution in [1.29, 1.82) is 0 Å². The second kappa shape index (κ2) is 6.29. The molecule has 0 spiro atoms. The maximum absolute atomic E-state index is 10.4. The van der Waals surface area contributed by atoms with Crippen LogP contribution in [0.4, 0.5) is 0 Å². The molecular weight excluding hydrogens is 298 g/mol. The predicted molar refractivity (Wildman–Crippen MR) is 88.4 cm³/mol. The lowest BCUT2D eigenvalue weighted by atomic mass is 10.0. The quantitative estimate of drug-likeness (QED) is 0.904. The van der Waals surface area contributed by atoms with Crippen LogP contribution < -0.4 is 10.1 Å². The topological polar surface area (TPSA) is 41.5 Å². The second-order valence-electron chi connectivity index (χ2n) is 5.72. The van der Waals surface area contributed by atoms with Crippen LogP contribution in [0.3, 0.4) is 0 Å². The van der Waals surface area contributed by atoms with Crippen LogP contribution in [-0.2, 0) is 6.42 Å². The van der Waals surface area contributed by atoms with Gasteiger partial charge in [-0.05, 0) is 36.2 Å². The van der Waals surface area contributed by atoms with Crippen molar-refractivity contribution in [1.82, 2.24) is 5.32 Å². The number of nitrogens with one attached hydrogen (secondary N) is 1. The van der Waals surface area contributed by atoms with Gasteiger partial charge < -0.3 is 15.2 Å². The Morgan fingerprint density at radius 2 is 2.05 bits per heavy atom. The number of rotatable bonds is 4. The Morgan fingerprint density at radius 1 is 1.27 bits per heavy atom. The Morgan fingerprint density at radius 3 is 2.82 bits per heavy atom. The van der Waals surface area contributed by atoms with Crippen molar-refractivity contribution < 1.29 is 9.84 Å². The Labute approximate surface area is 135 Å². The summed E-state index contributed by atoms with van der Waals surface area (Å²) in [5, 5.41) is 14.6. The van der Waals surface area contributed by atoms with E-state index in [1.807, 2.05) is 30.3 Å². The number of methoxy groups -OCH3 is 1. The number of halogens is 1. The van der Waals surface area contributed by atoms with Crippen molar-refractivity contribution >= 4 is 11.6 Å². The lowest BCUT2D eigenvalue weighted by Crippen LogP contribution is -2.31. The molecule has 1 aliphatic rings. The molecule has 2 aromatic rings. The number of ether oxygens (including phenoxy) is 1. The summed E-state index contributed by atoms with van der Waals surface area (Å²) in [4.78, 5) is 0. The van der Waals surface area contributed by atoms with Crippen LogP contribution in [0.25, 0.3) is 0 Å². The Balaban J connectivity index is 1.86. The molecule has 0 bridgehead atoms. The fraction of sp³-hybridized carbons (Fsp3) is 0.333. The van der Waals surface area contributed by atoms with Crippen LogP contribution in [-0.4, -0.2) is 18.3 Å². The molecule has 1 aliphatic carbocycles. The first-order chi connectivity index (χ1) is 10.6. The zero-order chi connectivity index (χ0) is 15.7. The molecule has 0 aliphatic heterocycles. The summed E-state index contributed by atoms with van der Waals surface area (Å²) < 4.78 is 5.42. The molecule has 3 nitrogen and oxygen atoms in total. The minimum Gasteiger partial charge on any atom is -0.496 e. The summed E-state index contributed by atoms with van der Waals surface area (Å²) in [6, 6.07) is 13.7. The third kappa shape index (κ3) is 2.84. The number of hydrogen-bond donors (Lipinski definition) is 2. The normalized spacial score (nSPS) is 21.5. The minimum absolute atomic E-state index is 0.0134. The van der Waals surface area contributed by atoms with E-state index in [1.54, 1.807) is 7.11 Å². The van der Waals surface area contributed by atoms with Crippen LogP contribution in [0.15, 0.2) is 42.5 Å². The zero-order valence-electron chi connectivity index (χ0n) is 12.7. The van der Waals surface area contributed by atoms with Crippen molar-refractivity contribution in [3.05, 3.63) is 64.2 Å². The van der Waals surface area contributed by atoms with Crippen LogP contribution in [0.2, 0.25) is 5.02 Å². The van der Waals surface area contributed by atoms with Crippen LogP contribution >= 0.6 is 11.6 Å². The van der Waals surface area contributed by atoms with Gasteiger partial charge >= 0.3 is 0 Å². The monoisotopic (exact) mass is 317 g/mol. The molecule has 22 heavy (non-hydrogen) atoms. The third-order valence-corrected chi connectivity index (χ3v) is 4.53. The third-order valence-electron chi connectivity index (χ3n) is 4.29. The lowest BCUT2D eigenvalue weighted by Gasteiger charge is -2.24. The van der Waals surface area contributed by atoms with E-state index >= 15 is 0 Å². The molecule has 4 heteroatoms. The first-order valence-corrected chi connectivity index (χ1v) is 7.83. The maximum Gasteiger partial charge on any atom is 0.123 e. The van der Waals surface area contributed by atoms with E-state index in [2.05, 4.69) is 24.4 Å². The number of aliphatic hydroxyl groups is 1. The molecule has 2 N–H and O–H groups in total. The highest BCUT2D eigenvalue weighted by Gasteiger charge is 2.32. The van der Waals surface area contributed by atoms with E-state index in [0.717, 1.165) is 11.3 Å². The van der Waals surface area contributed by atoms with Crippen molar-refractivity contribution in [3.8, 4) is 5.75 Å².